The van der Waals surface area contributed by atoms with E-state index in [1.165, 1.54) is 0 Å². The Morgan fingerprint density at radius 3 is 2.88 bits per heavy atom. The summed E-state index contributed by atoms with van der Waals surface area (Å²) in [6.07, 6.45) is 4.18. The minimum Gasteiger partial charge on any atom is -0.338 e. The highest BCUT2D eigenvalue weighted by atomic mass is 32.2. The molecule has 1 aromatic heterocycles. The molecule has 0 saturated carbocycles. The summed E-state index contributed by atoms with van der Waals surface area (Å²) in [5.41, 5.74) is 2.07. The first-order valence-electron chi connectivity index (χ1n) is 8.56. The van der Waals surface area contributed by atoms with Gasteiger partial charge in [-0.25, -0.2) is 8.42 Å². The van der Waals surface area contributed by atoms with Gasteiger partial charge in [0.05, 0.1) is 5.25 Å². The monoisotopic (exact) mass is 348 g/mol. The highest BCUT2D eigenvalue weighted by Crippen LogP contribution is 2.36. The number of benzene rings is 1. The van der Waals surface area contributed by atoms with Crippen LogP contribution in [-0.2, 0) is 28.4 Å². The molecule has 0 aliphatic heterocycles. The van der Waals surface area contributed by atoms with Gasteiger partial charge in [-0.1, -0.05) is 43.3 Å². The summed E-state index contributed by atoms with van der Waals surface area (Å²) >= 11 is 0. The number of hydrogen-bond acceptors (Lipinski definition) is 5. The van der Waals surface area contributed by atoms with E-state index in [1.807, 2.05) is 24.3 Å². The number of aryl methyl sites for hydroxylation is 2. The molecular weight excluding hydrogens is 324 g/mol. The quantitative estimate of drug-likeness (QED) is 0.796. The molecule has 1 atom stereocenters. The number of fused-ring (bicyclic) bond motifs is 1. The maximum Gasteiger partial charge on any atom is 0.241 e. The lowest BCUT2D eigenvalue weighted by Gasteiger charge is -2.24. The predicted octanol–water partition coefficient (Wildman–Crippen LogP) is 3.65. The van der Waals surface area contributed by atoms with Crippen LogP contribution in [0.5, 0.6) is 0 Å². The topological polar surface area (TPSA) is 73.1 Å². The van der Waals surface area contributed by atoms with E-state index in [0.29, 0.717) is 24.6 Å². The van der Waals surface area contributed by atoms with Gasteiger partial charge in [-0.2, -0.15) is 4.98 Å². The van der Waals surface area contributed by atoms with E-state index >= 15 is 0 Å². The normalized spacial score (nSPS) is 17.9. The first-order valence-corrected chi connectivity index (χ1v) is 10.3. The van der Waals surface area contributed by atoms with Crippen LogP contribution in [0.25, 0.3) is 0 Å². The Bertz CT molecular complexity index is 796. The van der Waals surface area contributed by atoms with E-state index in [-0.39, 0.29) is 11.6 Å². The molecule has 1 unspecified atom stereocenters. The van der Waals surface area contributed by atoms with Gasteiger partial charge in [0, 0.05) is 6.42 Å². The lowest BCUT2D eigenvalue weighted by Crippen LogP contribution is -2.20. The fourth-order valence-corrected chi connectivity index (χ4v) is 5.03. The molecule has 0 fully saturated rings. The largest absolute Gasteiger partial charge is 0.338 e. The smallest absolute Gasteiger partial charge is 0.241 e. The highest BCUT2D eigenvalue weighted by Gasteiger charge is 2.32. The highest BCUT2D eigenvalue weighted by molar-refractivity contribution is 7.90. The molecule has 1 aromatic carbocycles. The number of nitrogens with zero attached hydrogens (tertiary/aromatic N) is 2. The van der Waals surface area contributed by atoms with Crippen LogP contribution in [0.3, 0.4) is 0 Å². The first-order chi connectivity index (χ1) is 11.5. The Morgan fingerprint density at radius 1 is 1.29 bits per heavy atom. The van der Waals surface area contributed by atoms with Crippen LogP contribution < -0.4 is 0 Å². The van der Waals surface area contributed by atoms with E-state index in [0.717, 1.165) is 30.4 Å². The molecule has 0 spiro atoms. The zero-order chi connectivity index (χ0) is 17.2. The van der Waals surface area contributed by atoms with Gasteiger partial charge in [0.2, 0.25) is 5.89 Å². The van der Waals surface area contributed by atoms with Crippen molar-refractivity contribution in [3.8, 4) is 0 Å². The zero-order valence-electron chi connectivity index (χ0n) is 14.2. The fraction of sp³-hybridized carbons (Fsp3) is 0.556. The lowest BCUT2D eigenvalue weighted by molar-refractivity contribution is 0.380. The number of sulfone groups is 1. The molecule has 0 N–H and O–H groups in total. The zero-order valence-corrected chi connectivity index (χ0v) is 15.1. The van der Waals surface area contributed by atoms with Gasteiger partial charge in [-0.15, -0.1) is 0 Å². The Balaban J connectivity index is 1.75. The molecule has 1 heterocycles. The Kier molecular flexibility index (Phi) is 5.04. The minimum atomic E-state index is -3.36. The van der Waals surface area contributed by atoms with Gasteiger partial charge >= 0.3 is 0 Å². The summed E-state index contributed by atoms with van der Waals surface area (Å²) < 4.78 is 30.9. The van der Waals surface area contributed by atoms with Crippen molar-refractivity contribution < 1.29 is 12.9 Å². The van der Waals surface area contributed by atoms with Crippen molar-refractivity contribution in [2.75, 3.05) is 0 Å². The third kappa shape index (κ3) is 3.86. The number of aromatic nitrogens is 2. The molecule has 24 heavy (non-hydrogen) atoms. The summed E-state index contributed by atoms with van der Waals surface area (Å²) in [5, 5.41) is 3.45. The van der Waals surface area contributed by atoms with Crippen molar-refractivity contribution in [1.82, 2.24) is 10.1 Å². The molecule has 1 aliphatic carbocycles. The molecule has 2 aromatic rings. The van der Waals surface area contributed by atoms with Crippen LogP contribution >= 0.6 is 0 Å². The van der Waals surface area contributed by atoms with Crippen LogP contribution in [0.15, 0.2) is 28.8 Å². The third-order valence-electron chi connectivity index (χ3n) is 4.53. The molecule has 3 rings (SSSR count). The summed E-state index contributed by atoms with van der Waals surface area (Å²) in [6, 6.07) is 7.82. The van der Waals surface area contributed by atoms with Crippen molar-refractivity contribution in [3.05, 3.63) is 47.1 Å². The minimum absolute atomic E-state index is 0.180. The van der Waals surface area contributed by atoms with Crippen LogP contribution in [0.4, 0.5) is 0 Å². The number of rotatable bonds is 6. The van der Waals surface area contributed by atoms with Crippen LogP contribution in [0, 0.1) is 5.92 Å². The second-order valence-electron chi connectivity index (χ2n) is 6.92. The molecule has 0 bridgehead atoms. The second kappa shape index (κ2) is 7.05. The summed E-state index contributed by atoms with van der Waals surface area (Å²) in [6.45, 7) is 4.26. The van der Waals surface area contributed by atoms with E-state index < -0.39 is 15.1 Å². The lowest BCUT2D eigenvalue weighted by atomic mass is 9.91. The molecule has 130 valence electrons. The number of hydrogen-bond donors (Lipinski definition) is 0. The average molecular weight is 348 g/mol. The maximum absolute atomic E-state index is 12.9. The van der Waals surface area contributed by atoms with Crippen LogP contribution in [0.2, 0.25) is 0 Å². The Labute approximate surface area is 143 Å². The van der Waals surface area contributed by atoms with Gasteiger partial charge in [0.25, 0.3) is 0 Å². The summed E-state index contributed by atoms with van der Waals surface area (Å²) in [5.74, 6) is 1.17. The van der Waals surface area contributed by atoms with Gasteiger partial charge in [-0.3, -0.25) is 0 Å². The Morgan fingerprint density at radius 2 is 2.08 bits per heavy atom. The maximum atomic E-state index is 12.9. The van der Waals surface area contributed by atoms with Crippen molar-refractivity contribution in [1.29, 1.82) is 0 Å². The predicted molar refractivity (Wildman–Crippen MR) is 92.2 cm³/mol. The molecule has 0 saturated heterocycles. The summed E-state index contributed by atoms with van der Waals surface area (Å²) in [4.78, 5) is 4.26. The van der Waals surface area contributed by atoms with Gasteiger partial charge in [0.15, 0.2) is 15.7 Å². The molecule has 0 amide bonds. The van der Waals surface area contributed by atoms with Gasteiger partial charge in [0.1, 0.15) is 5.75 Å². The van der Waals surface area contributed by atoms with Gasteiger partial charge in [-0.05, 0) is 42.7 Å². The molecule has 1 aliphatic rings. The van der Waals surface area contributed by atoms with Crippen molar-refractivity contribution in [2.45, 2.75) is 57.0 Å². The molecule has 6 heteroatoms. The van der Waals surface area contributed by atoms with E-state index in [9.17, 15) is 8.42 Å². The standard InChI is InChI=1S/C18H24N2O3S/c1-13(2)10-11-17-19-18(23-20-17)12-24(21,22)16-9-5-7-14-6-3-4-8-15(14)16/h3-4,6,8,13,16H,5,7,9-12H2,1-2H3. The average Bonchev–Trinajstić information content (AvgIpc) is 2.99. The van der Waals surface area contributed by atoms with E-state index in [4.69, 9.17) is 4.52 Å². The summed E-state index contributed by atoms with van der Waals surface area (Å²) in [7, 11) is -3.36. The van der Waals surface area contributed by atoms with Crippen LogP contribution in [0.1, 0.15) is 61.2 Å². The van der Waals surface area contributed by atoms with E-state index in [2.05, 4.69) is 24.0 Å². The van der Waals surface area contributed by atoms with Crippen molar-refractivity contribution in [3.63, 3.8) is 0 Å². The molecule has 0 radical (unpaired) electrons. The van der Waals surface area contributed by atoms with Crippen molar-refractivity contribution in [2.24, 2.45) is 5.92 Å². The van der Waals surface area contributed by atoms with E-state index in [1.54, 1.807) is 0 Å². The first kappa shape index (κ1) is 17.1. The molecule has 5 nitrogen and oxygen atoms in total. The van der Waals surface area contributed by atoms with Crippen molar-refractivity contribution >= 4 is 9.84 Å². The second-order valence-corrected chi connectivity index (χ2v) is 9.11. The van der Waals surface area contributed by atoms with Gasteiger partial charge < -0.3 is 4.52 Å². The van der Waals surface area contributed by atoms with Crippen LogP contribution in [-0.4, -0.2) is 18.6 Å². The fourth-order valence-electron chi connectivity index (χ4n) is 3.22. The molecular formula is C18H24N2O3S. The Hall–Kier alpha value is -1.69. The third-order valence-corrected chi connectivity index (χ3v) is 6.53. The SMILES string of the molecule is CC(C)CCc1noc(CS(=O)(=O)C2CCCc3ccccc32)n1.